The summed E-state index contributed by atoms with van der Waals surface area (Å²) in [5.41, 5.74) is 2.97. The van der Waals surface area contributed by atoms with Crippen LogP contribution >= 0.6 is 0 Å². The number of aliphatic carboxylic acids is 2. The van der Waals surface area contributed by atoms with Crippen LogP contribution in [0.1, 0.15) is 19.8 Å². The molecule has 0 aromatic heterocycles. The zero-order valence-electron chi connectivity index (χ0n) is 7.86. The van der Waals surface area contributed by atoms with Crippen molar-refractivity contribution in [3.8, 4) is 0 Å². The fourth-order valence-electron chi connectivity index (χ4n) is 1.63. The molecule has 0 amide bonds. The summed E-state index contributed by atoms with van der Waals surface area (Å²) in [7, 11) is 0. The Morgan fingerprint density at radius 3 is 2.36 bits per heavy atom. The summed E-state index contributed by atoms with van der Waals surface area (Å²) in [4.78, 5) is 21.7. The largest absolute Gasteiger partial charge is 0.481 e. The first-order valence-electron chi connectivity index (χ1n) is 4.24. The first-order valence-corrected chi connectivity index (χ1v) is 4.24. The lowest BCUT2D eigenvalue weighted by atomic mass is 9.71. The van der Waals surface area contributed by atoms with Crippen LogP contribution < -0.4 is 5.73 Å². The second-order valence-electron chi connectivity index (χ2n) is 3.97. The molecule has 0 aromatic rings. The Hall–Kier alpha value is -1.36. The topological polar surface area (TPSA) is 101 Å². The molecular weight excluding hydrogens is 186 g/mol. The molecule has 1 rings (SSSR count). The second kappa shape index (κ2) is 3.09. The summed E-state index contributed by atoms with van der Waals surface area (Å²) >= 11 is 0. The van der Waals surface area contributed by atoms with Crippen molar-refractivity contribution in [2.45, 2.75) is 25.3 Å². The number of hydrogen-bond donors (Lipinski definition) is 3. The Kier molecular flexibility index (Phi) is 2.37. The fourth-order valence-corrected chi connectivity index (χ4v) is 1.63. The van der Waals surface area contributed by atoms with Crippen LogP contribution in [0.25, 0.3) is 0 Å². The maximum Gasteiger partial charge on any atom is 0.324 e. The Morgan fingerprint density at radius 1 is 1.36 bits per heavy atom. The minimum Gasteiger partial charge on any atom is -0.481 e. The van der Waals surface area contributed by atoms with Crippen molar-refractivity contribution in [3.05, 3.63) is 12.2 Å². The predicted octanol–water partition coefficient (Wildman–Crippen LogP) is 0.209. The average Bonchev–Trinajstić information content (AvgIpc) is 2.03. The van der Waals surface area contributed by atoms with Crippen molar-refractivity contribution in [1.82, 2.24) is 0 Å². The highest BCUT2D eigenvalue weighted by Crippen LogP contribution is 2.35. The van der Waals surface area contributed by atoms with Gasteiger partial charge in [0, 0.05) is 0 Å². The summed E-state index contributed by atoms with van der Waals surface area (Å²) in [6.07, 6.45) is 3.11. The van der Waals surface area contributed by atoms with Gasteiger partial charge in [-0.15, -0.1) is 0 Å². The molecule has 0 fully saturated rings. The Labute approximate surface area is 81.2 Å². The van der Waals surface area contributed by atoms with Gasteiger partial charge >= 0.3 is 11.9 Å². The summed E-state index contributed by atoms with van der Waals surface area (Å²) < 4.78 is 0. The number of hydrogen-bond acceptors (Lipinski definition) is 3. The van der Waals surface area contributed by atoms with E-state index in [2.05, 4.69) is 0 Å². The van der Waals surface area contributed by atoms with Crippen molar-refractivity contribution in [2.24, 2.45) is 11.1 Å². The van der Waals surface area contributed by atoms with Crippen LogP contribution in [0.5, 0.6) is 0 Å². The molecule has 0 radical (unpaired) electrons. The van der Waals surface area contributed by atoms with Crippen LogP contribution in [-0.4, -0.2) is 27.7 Å². The van der Waals surface area contributed by atoms with Gasteiger partial charge in [-0.3, -0.25) is 9.59 Å². The molecule has 0 aliphatic heterocycles. The number of rotatable bonds is 2. The first kappa shape index (κ1) is 10.7. The highest BCUT2D eigenvalue weighted by molar-refractivity contribution is 5.83. The highest BCUT2D eigenvalue weighted by atomic mass is 16.4. The summed E-state index contributed by atoms with van der Waals surface area (Å²) in [6, 6.07) is 0. The van der Waals surface area contributed by atoms with Crippen molar-refractivity contribution in [3.63, 3.8) is 0 Å². The molecule has 1 aliphatic carbocycles. The van der Waals surface area contributed by atoms with E-state index in [4.69, 9.17) is 15.9 Å². The van der Waals surface area contributed by atoms with E-state index < -0.39 is 22.9 Å². The monoisotopic (exact) mass is 199 g/mol. The maximum absolute atomic E-state index is 10.9. The molecule has 0 heterocycles. The molecule has 78 valence electrons. The van der Waals surface area contributed by atoms with Gasteiger partial charge in [-0.1, -0.05) is 12.2 Å². The summed E-state index contributed by atoms with van der Waals surface area (Å²) in [5, 5.41) is 17.8. The Morgan fingerprint density at radius 2 is 1.93 bits per heavy atom. The van der Waals surface area contributed by atoms with Crippen LogP contribution in [0.15, 0.2) is 12.2 Å². The molecular formula is C9H13NO4. The molecule has 0 saturated carbocycles. The molecule has 1 aliphatic rings. The molecule has 0 bridgehead atoms. The third-order valence-electron chi connectivity index (χ3n) is 2.56. The smallest absolute Gasteiger partial charge is 0.324 e. The number of carbonyl (C=O) groups is 2. The number of nitrogens with two attached hydrogens (primary N) is 1. The summed E-state index contributed by atoms with van der Waals surface area (Å²) in [6.45, 7) is 1.47. The SMILES string of the molecule is C[C@@]1(C(=O)O)C=CCC(N)(C(=O)O)C1. The van der Waals surface area contributed by atoms with E-state index in [1.54, 1.807) is 0 Å². The normalized spacial score (nSPS) is 36.7. The van der Waals surface area contributed by atoms with Gasteiger partial charge in [-0.05, 0) is 19.8 Å². The molecule has 5 nitrogen and oxygen atoms in total. The average molecular weight is 199 g/mol. The van der Waals surface area contributed by atoms with Gasteiger partial charge in [0.25, 0.3) is 0 Å². The number of carboxylic acid groups (broad SMARTS) is 2. The van der Waals surface area contributed by atoms with E-state index in [9.17, 15) is 9.59 Å². The molecule has 5 heteroatoms. The van der Waals surface area contributed by atoms with E-state index in [1.807, 2.05) is 0 Å². The van der Waals surface area contributed by atoms with Gasteiger partial charge in [-0.2, -0.15) is 0 Å². The predicted molar refractivity (Wildman–Crippen MR) is 48.7 cm³/mol. The van der Waals surface area contributed by atoms with Crippen LogP contribution in [-0.2, 0) is 9.59 Å². The zero-order valence-corrected chi connectivity index (χ0v) is 7.86. The standard InChI is InChI=1S/C9H13NO4/c1-8(6(11)12)3-2-4-9(10,5-8)7(13)14/h2-3H,4-5,10H2,1H3,(H,11,12)(H,13,14)/t8-,9?/m1/s1. The Bertz CT molecular complexity index is 312. The first-order chi connectivity index (χ1) is 6.30. The van der Waals surface area contributed by atoms with E-state index in [1.165, 1.54) is 19.1 Å². The molecule has 1 unspecified atom stereocenters. The lowest BCUT2D eigenvalue weighted by Gasteiger charge is -2.35. The molecule has 0 aromatic carbocycles. The van der Waals surface area contributed by atoms with E-state index >= 15 is 0 Å². The minimum atomic E-state index is -1.46. The number of carboxylic acids is 2. The van der Waals surface area contributed by atoms with Crippen LogP contribution in [0.2, 0.25) is 0 Å². The van der Waals surface area contributed by atoms with Crippen LogP contribution in [0.4, 0.5) is 0 Å². The second-order valence-corrected chi connectivity index (χ2v) is 3.97. The van der Waals surface area contributed by atoms with Crippen molar-refractivity contribution in [1.29, 1.82) is 0 Å². The lowest BCUT2D eigenvalue weighted by Crippen LogP contribution is -2.53. The minimum absolute atomic E-state index is 0.0822. The van der Waals surface area contributed by atoms with Crippen molar-refractivity contribution >= 4 is 11.9 Å². The van der Waals surface area contributed by atoms with Gasteiger partial charge in [0.1, 0.15) is 5.54 Å². The van der Waals surface area contributed by atoms with Gasteiger partial charge in [-0.25, -0.2) is 0 Å². The quantitative estimate of drug-likeness (QED) is 0.552. The Balaban J connectivity index is 3.00. The molecule has 0 spiro atoms. The molecule has 2 atom stereocenters. The lowest BCUT2D eigenvalue weighted by molar-refractivity contribution is -0.150. The van der Waals surface area contributed by atoms with Crippen molar-refractivity contribution in [2.75, 3.05) is 0 Å². The summed E-state index contributed by atoms with van der Waals surface area (Å²) in [5.74, 6) is -2.21. The maximum atomic E-state index is 10.9. The molecule has 14 heavy (non-hydrogen) atoms. The van der Waals surface area contributed by atoms with Gasteiger partial charge in [0.15, 0.2) is 0 Å². The highest BCUT2D eigenvalue weighted by Gasteiger charge is 2.46. The third kappa shape index (κ3) is 1.63. The van der Waals surface area contributed by atoms with E-state index in [-0.39, 0.29) is 12.8 Å². The third-order valence-corrected chi connectivity index (χ3v) is 2.56. The van der Waals surface area contributed by atoms with Gasteiger partial charge in [0.2, 0.25) is 0 Å². The van der Waals surface area contributed by atoms with Crippen LogP contribution in [0.3, 0.4) is 0 Å². The fraction of sp³-hybridized carbons (Fsp3) is 0.556. The van der Waals surface area contributed by atoms with Crippen LogP contribution in [0, 0.1) is 5.41 Å². The zero-order chi connectivity index (χ0) is 11.0. The molecule has 4 N–H and O–H groups in total. The molecule has 0 saturated heterocycles. The van der Waals surface area contributed by atoms with E-state index in [0.717, 1.165) is 0 Å². The van der Waals surface area contributed by atoms with Gasteiger partial charge in [0.05, 0.1) is 5.41 Å². The van der Waals surface area contributed by atoms with Crippen molar-refractivity contribution < 1.29 is 19.8 Å². The van der Waals surface area contributed by atoms with Gasteiger partial charge < -0.3 is 15.9 Å². The van der Waals surface area contributed by atoms with E-state index in [0.29, 0.717) is 0 Å².